The van der Waals surface area contributed by atoms with Crippen LogP contribution in [0.2, 0.25) is 0 Å². The first-order valence-electron chi connectivity index (χ1n) is 6.88. The minimum Gasteiger partial charge on any atom is -0.276 e. The Kier molecular flexibility index (Phi) is 2.85. The van der Waals surface area contributed by atoms with Crippen LogP contribution in [-0.4, -0.2) is 17.8 Å². The number of amides is 4. The maximum atomic E-state index is 12.5. The molecule has 1 aromatic carbocycles. The topological polar surface area (TPSA) is 66.5 Å². The van der Waals surface area contributed by atoms with Crippen LogP contribution in [0.3, 0.4) is 0 Å². The molecule has 1 aromatic rings. The smallest absolute Gasteiger partial charge is 0.276 e. The number of anilines is 1. The van der Waals surface area contributed by atoms with Gasteiger partial charge in [0.05, 0.1) is 5.69 Å². The molecular weight excluding hydrogens is 256 g/mol. The van der Waals surface area contributed by atoms with Crippen molar-refractivity contribution in [1.29, 1.82) is 0 Å². The molecule has 2 aliphatic rings. The van der Waals surface area contributed by atoms with Crippen molar-refractivity contribution in [2.24, 2.45) is 5.41 Å². The van der Waals surface area contributed by atoms with Crippen molar-refractivity contribution in [2.45, 2.75) is 32.6 Å². The second-order valence-corrected chi connectivity index (χ2v) is 5.36. The summed E-state index contributed by atoms with van der Waals surface area (Å²) in [7, 11) is 0. The van der Waals surface area contributed by atoms with E-state index >= 15 is 0 Å². The van der Waals surface area contributed by atoms with E-state index in [2.05, 4.69) is 5.32 Å². The molecule has 0 radical (unpaired) electrons. The Balaban J connectivity index is 2.03. The number of nitrogens with zero attached hydrogens (tertiary/aromatic N) is 1. The SMILES string of the molecule is CCCc1ccccc1N1C(=O)NC(=O)C2(CC2)C1=O. The van der Waals surface area contributed by atoms with Crippen LogP contribution >= 0.6 is 0 Å². The summed E-state index contributed by atoms with van der Waals surface area (Å²) in [6.45, 7) is 2.04. The Bertz CT molecular complexity index is 605. The number of hydrogen-bond acceptors (Lipinski definition) is 3. The molecule has 1 spiro atoms. The molecule has 0 atom stereocenters. The van der Waals surface area contributed by atoms with Gasteiger partial charge in [0.1, 0.15) is 5.41 Å². The zero-order valence-electron chi connectivity index (χ0n) is 11.3. The summed E-state index contributed by atoms with van der Waals surface area (Å²) in [6.07, 6.45) is 2.76. The van der Waals surface area contributed by atoms with Crippen LogP contribution in [0.25, 0.3) is 0 Å². The maximum absolute atomic E-state index is 12.5. The molecular formula is C15H16N2O3. The van der Waals surface area contributed by atoms with Gasteiger partial charge in [-0.1, -0.05) is 31.5 Å². The zero-order valence-corrected chi connectivity index (χ0v) is 11.3. The van der Waals surface area contributed by atoms with Crippen molar-refractivity contribution in [3.8, 4) is 0 Å². The first-order valence-corrected chi connectivity index (χ1v) is 6.88. The van der Waals surface area contributed by atoms with E-state index in [1.54, 1.807) is 12.1 Å². The Morgan fingerprint density at radius 2 is 1.90 bits per heavy atom. The molecule has 2 fully saturated rings. The summed E-state index contributed by atoms with van der Waals surface area (Å²) in [5.74, 6) is -0.827. The maximum Gasteiger partial charge on any atom is 0.335 e. The van der Waals surface area contributed by atoms with Crippen LogP contribution < -0.4 is 10.2 Å². The van der Waals surface area contributed by atoms with E-state index in [1.165, 1.54) is 0 Å². The molecule has 0 bridgehead atoms. The van der Waals surface area contributed by atoms with Crippen molar-refractivity contribution in [3.05, 3.63) is 29.8 Å². The van der Waals surface area contributed by atoms with Crippen molar-refractivity contribution < 1.29 is 14.4 Å². The Morgan fingerprint density at radius 1 is 1.20 bits per heavy atom. The molecule has 1 N–H and O–H groups in total. The van der Waals surface area contributed by atoms with Gasteiger partial charge in [-0.25, -0.2) is 9.69 Å². The highest BCUT2D eigenvalue weighted by Gasteiger charge is 2.62. The first-order chi connectivity index (χ1) is 9.60. The van der Waals surface area contributed by atoms with Crippen molar-refractivity contribution >= 4 is 23.5 Å². The number of nitrogens with one attached hydrogen (secondary N) is 1. The second kappa shape index (κ2) is 4.44. The predicted molar refractivity (Wildman–Crippen MR) is 73.1 cm³/mol. The lowest BCUT2D eigenvalue weighted by atomic mass is 9.99. The molecule has 1 saturated heterocycles. The zero-order chi connectivity index (χ0) is 14.3. The van der Waals surface area contributed by atoms with Crippen molar-refractivity contribution in [1.82, 2.24) is 5.32 Å². The molecule has 5 heteroatoms. The Labute approximate surface area is 116 Å². The highest BCUT2D eigenvalue weighted by atomic mass is 16.2. The van der Waals surface area contributed by atoms with Crippen molar-refractivity contribution in [3.63, 3.8) is 0 Å². The third-order valence-corrected chi connectivity index (χ3v) is 3.97. The monoisotopic (exact) mass is 272 g/mol. The molecule has 0 aromatic heterocycles. The van der Waals surface area contributed by atoms with Crippen LogP contribution in [0.1, 0.15) is 31.7 Å². The highest BCUT2D eigenvalue weighted by molar-refractivity contribution is 6.31. The van der Waals surface area contributed by atoms with Gasteiger partial charge in [0.2, 0.25) is 5.91 Å². The molecule has 1 aliphatic carbocycles. The number of imide groups is 2. The fourth-order valence-corrected chi connectivity index (χ4v) is 2.67. The molecule has 0 unspecified atom stereocenters. The summed E-state index contributed by atoms with van der Waals surface area (Å²) in [6, 6.07) is 6.72. The summed E-state index contributed by atoms with van der Waals surface area (Å²) >= 11 is 0. The van der Waals surface area contributed by atoms with Crippen LogP contribution in [0, 0.1) is 5.41 Å². The van der Waals surface area contributed by atoms with E-state index < -0.39 is 17.4 Å². The molecule has 5 nitrogen and oxygen atoms in total. The quantitative estimate of drug-likeness (QED) is 0.856. The highest BCUT2D eigenvalue weighted by Crippen LogP contribution is 2.49. The third-order valence-electron chi connectivity index (χ3n) is 3.97. The van der Waals surface area contributed by atoms with Crippen LogP contribution in [0.5, 0.6) is 0 Å². The van der Waals surface area contributed by atoms with E-state index in [-0.39, 0.29) is 5.91 Å². The predicted octanol–water partition coefficient (Wildman–Crippen LogP) is 2.00. The number of rotatable bonds is 3. The minimum absolute atomic E-state index is 0.380. The fraction of sp³-hybridized carbons (Fsp3) is 0.400. The van der Waals surface area contributed by atoms with Gasteiger partial charge >= 0.3 is 6.03 Å². The summed E-state index contributed by atoms with van der Waals surface area (Å²) in [5, 5.41) is 2.31. The van der Waals surface area contributed by atoms with Gasteiger partial charge in [-0.05, 0) is 30.9 Å². The van der Waals surface area contributed by atoms with E-state index in [1.807, 2.05) is 19.1 Å². The number of hydrogen-bond donors (Lipinski definition) is 1. The van der Waals surface area contributed by atoms with Crippen LogP contribution in [0.15, 0.2) is 24.3 Å². The van der Waals surface area contributed by atoms with E-state index in [4.69, 9.17) is 0 Å². The lowest BCUT2D eigenvalue weighted by Crippen LogP contribution is -2.59. The van der Waals surface area contributed by atoms with Gasteiger partial charge < -0.3 is 0 Å². The van der Waals surface area contributed by atoms with Crippen LogP contribution in [-0.2, 0) is 16.0 Å². The number of benzene rings is 1. The molecule has 1 aliphatic heterocycles. The van der Waals surface area contributed by atoms with E-state index in [0.717, 1.165) is 23.3 Å². The number of urea groups is 1. The van der Waals surface area contributed by atoms with Gasteiger partial charge in [-0.3, -0.25) is 14.9 Å². The summed E-state index contributed by atoms with van der Waals surface area (Å²) < 4.78 is 0. The third kappa shape index (κ3) is 1.73. The fourth-order valence-electron chi connectivity index (χ4n) is 2.67. The average molecular weight is 272 g/mol. The van der Waals surface area contributed by atoms with Gasteiger partial charge in [-0.15, -0.1) is 0 Å². The second-order valence-electron chi connectivity index (χ2n) is 5.36. The van der Waals surface area contributed by atoms with Gasteiger partial charge in [-0.2, -0.15) is 0 Å². The number of carbonyl (C=O) groups is 3. The Morgan fingerprint density at radius 3 is 2.55 bits per heavy atom. The number of aryl methyl sites for hydroxylation is 1. The standard InChI is InChI=1S/C15H16N2O3/c1-2-5-10-6-3-4-7-11(10)17-13(19)15(8-9-15)12(18)16-14(17)20/h3-4,6-7H,2,5,8-9H2,1H3,(H,16,18,20). The molecule has 1 saturated carbocycles. The number of carbonyl (C=O) groups excluding carboxylic acids is 3. The molecule has 3 rings (SSSR count). The molecule has 1 heterocycles. The van der Waals surface area contributed by atoms with Crippen molar-refractivity contribution in [2.75, 3.05) is 4.90 Å². The van der Waals surface area contributed by atoms with E-state index in [0.29, 0.717) is 18.5 Å². The largest absolute Gasteiger partial charge is 0.335 e. The van der Waals surface area contributed by atoms with Crippen LogP contribution in [0.4, 0.5) is 10.5 Å². The molecule has 4 amide bonds. The van der Waals surface area contributed by atoms with Gasteiger partial charge in [0, 0.05) is 0 Å². The lowest BCUT2D eigenvalue weighted by molar-refractivity contribution is -0.136. The lowest BCUT2D eigenvalue weighted by Gasteiger charge is -2.31. The normalized spacial score (nSPS) is 20.2. The molecule has 20 heavy (non-hydrogen) atoms. The van der Waals surface area contributed by atoms with Gasteiger partial charge in [0.15, 0.2) is 0 Å². The molecule has 104 valence electrons. The summed E-state index contributed by atoms with van der Waals surface area (Å²) in [5.41, 5.74) is 0.548. The van der Waals surface area contributed by atoms with Gasteiger partial charge in [0.25, 0.3) is 5.91 Å². The van der Waals surface area contributed by atoms with E-state index in [9.17, 15) is 14.4 Å². The minimum atomic E-state index is -0.993. The first kappa shape index (κ1) is 12.8. The number of barbiturate groups is 1. The number of para-hydroxylation sites is 1. The Hall–Kier alpha value is -2.17. The summed E-state index contributed by atoms with van der Waals surface area (Å²) in [4.78, 5) is 37.5. The average Bonchev–Trinajstić information content (AvgIpc) is 3.21.